The molecule has 2 aromatic rings. The van der Waals surface area contributed by atoms with Crippen LogP contribution in [0.4, 0.5) is 0 Å². The van der Waals surface area contributed by atoms with E-state index in [2.05, 4.69) is 28.4 Å². The van der Waals surface area contributed by atoms with Crippen molar-refractivity contribution >= 4 is 11.5 Å². The number of hydrogen-bond donors (Lipinski definition) is 1. The first kappa shape index (κ1) is 14.9. The van der Waals surface area contributed by atoms with Crippen LogP contribution in [0.15, 0.2) is 18.5 Å². The van der Waals surface area contributed by atoms with E-state index in [1.54, 1.807) is 12.4 Å². The maximum atomic E-state index is 6.33. The zero-order valence-electron chi connectivity index (χ0n) is 12.2. The van der Waals surface area contributed by atoms with Crippen molar-refractivity contribution in [1.29, 1.82) is 0 Å². The summed E-state index contributed by atoms with van der Waals surface area (Å²) in [5.41, 5.74) is 8.20. The Kier molecular flexibility index (Phi) is 4.67. The highest BCUT2D eigenvalue weighted by molar-refractivity contribution is 7.05. The number of pyridine rings is 1. The minimum atomic E-state index is -0.268. The average molecular weight is 292 g/mol. The Hall–Kier alpha value is -1.53. The zero-order valence-corrected chi connectivity index (χ0v) is 13.0. The summed E-state index contributed by atoms with van der Waals surface area (Å²) in [6.07, 6.45) is 3.58. The van der Waals surface area contributed by atoms with Crippen molar-refractivity contribution in [2.24, 2.45) is 5.73 Å². The van der Waals surface area contributed by atoms with Crippen LogP contribution in [-0.2, 0) is 0 Å². The van der Waals surface area contributed by atoms with Gasteiger partial charge in [-0.25, -0.2) is 0 Å². The average Bonchev–Trinajstić information content (AvgIpc) is 2.86. The van der Waals surface area contributed by atoms with E-state index in [4.69, 9.17) is 10.5 Å². The van der Waals surface area contributed by atoms with Crippen molar-refractivity contribution < 1.29 is 4.74 Å². The Morgan fingerprint density at radius 3 is 2.60 bits per heavy atom. The van der Waals surface area contributed by atoms with Gasteiger partial charge >= 0.3 is 0 Å². The predicted octanol–water partition coefficient (Wildman–Crippen LogP) is 2.89. The first-order valence-corrected chi connectivity index (χ1v) is 7.45. The van der Waals surface area contributed by atoms with E-state index in [1.165, 1.54) is 11.5 Å². The lowest BCUT2D eigenvalue weighted by Gasteiger charge is -2.14. The van der Waals surface area contributed by atoms with E-state index in [-0.39, 0.29) is 12.1 Å². The van der Waals surface area contributed by atoms with Crippen LogP contribution < -0.4 is 10.5 Å². The Balaban J connectivity index is 2.28. The van der Waals surface area contributed by atoms with Crippen LogP contribution in [0.5, 0.6) is 5.75 Å². The monoisotopic (exact) mass is 292 g/mol. The van der Waals surface area contributed by atoms with Gasteiger partial charge in [-0.1, -0.05) is 18.3 Å². The molecule has 0 saturated carbocycles. The molecule has 20 heavy (non-hydrogen) atoms. The number of aromatic nitrogens is 3. The van der Waals surface area contributed by atoms with Crippen molar-refractivity contribution in [3.05, 3.63) is 34.6 Å². The standard InChI is InChI=1S/C14H20N4OS/c1-8(2)13-14(20-18-17-13)12(15)10-5-11(7-16-6-10)19-9(3)4/h5-9,12H,15H2,1-4H3. The van der Waals surface area contributed by atoms with Crippen molar-refractivity contribution in [3.8, 4) is 5.75 Å². The molecular formula is C14H20N4OS. The maximum Gasteiger partial charge on any atom is 0.138 e. The van der Waals surface area contributed by atoms with E-state index in [0.29, 0.717) is 5.92 Å². The van der Waals surface area contributed by atoms with Gasteiger partial charge in [0.25, 0.3) is 0 Å². The number of nitrogens with zero attached hydrogens (tertiary/aromatic N) is 3. The summed E-state index contributed by atoms with van der Waals surface area (Å²) in [5, 5.41) is 4.17. The summed E-state index contributed by atoms with van der Waals surface area (Å²) in [7, 11) is 0. The second-order valence-electron chi connectivity index (χ2n) is 5.28. The number of ether oxygens (including phenoxy) is 1. The lowest BCUT2D eigenvalue weighted by Crippen LogP contribution is -2.14. The highest BCUT2D eigenvalue weighted by Crippen LogP contribution is 2.30. The quantitative estimate of drug-likeness (QED) is 0.917. The van der Waals surface area contributed by atoms with Crippen molar-refractivity contribution in [2.75, 3.05) is 0 Å². The molecular weight excluding hydrogens is 272 g/mol. The zero-order chi connectivity index (χ0) is 14.7. The maximum absolute atomic E-state index is 6.33. The molecule has 5 nitrogen and oxygen atoms in total. The first-order chi connectivity index (χ1) is 9.49. The van der Waals surface area contributed by atoms with Crippen LogP contribution in [0.1, 0.15) is 55.8 Å². The fraction of sp³-hybridized carbons (Fsp3) is 0.500. The molecule has 0 amide bonds. The van der Waals surface area contributed by atoms with Crippen molar-refractivity contribution in [3.63, 3.8) is 0 Å². The van der Waals surface area contributed by atoms with Gasteiger partial charge in [-0.15, -0.1) is 5.10 Å². The molecule has 0 aromatic carbocycles. The second-order valence-corrected chi connectivity index (χ2v) is 6.06. The van der Waals surface area contributed by atoms with Gasteiger partial charge in [0.15, 0.2) is 0 Å². The normalized spacial score (nSPS) is 12.9. The molecule has 6 heteroatoms. The molecule has 0 spiro atoms. The Bertz CT molecular complexity index is 568. The van der Waals surface area contributed by atoms with Gasteiger partial charge in [0.05, 0.1) is 28.9 Å². The Labute approximate surface area is 123 Å². The summed E-state index contributed by atoms with van der Waals surface area (Å²) < 4.78 is 9.67. The molecule has 0 bridgehead atoms. The smallest absolute Gasteiger partial charge is 0.138 e. The van der Waals surface area contributed by atoms with E-state index in [0.717, 1.165) is 21.9 Å². The SMILES string of the molecule is CC(C)Oc1cncc(C(N)c2snnc2C(C)C)c1. The highest BCUT2D eigenvalue weighted by atomic mass is 32.1. The summed E-state index contributed by atoms with van der Waals surface area (Å²) in [4.78, 5) is 5.19. The van der Waals surface area contributed by atoms with Gasteiger partial charge in [0, 0.05) is 6.20 Å². The Morgan fingerprint density at radius 1 is 1.20 bits per heavy atom. The van der Waals surface area contributed by atoms with Crippen LogP contribution in [0.25, 0.3) is 0 Å². The first-order valence-electron chi connectivity index (χ1n) is 6.68. The molecule has 0 aliphatic carbocycles. The predicted molar refractivity (Wildman–Crippen MR) is 80.0 cm³/mol. The van der Waals surface area contributed by atoms with Crippen LogP contribution in [0, 0.1) is 0 Å². The number of hydrogen-bond acceptors (Lipinski definition) is 6. The van der Waals surface area contributed by atoms with E-state index < -0.39 is 0 Å². The molecule has 0 aliphatic heterocycles. The second kappa shape index (κ2) is 6.28. The molecule has 2 rings (SSSR count). The van der Waals surface area contributed by atoms with Crippen LogP contribution in [0.3, 0.4) is 0 Å². The minimum absolute atomic E-state index is 0.111. The fourth-order valence-corrected chi connectivity index (χ4v) is 2.75. The third-order valence-corrected chi connectivity index (χ3v) is 3.66. The van der Waals surface area contributed by atoms with Gasteiger partial charge in [0.1, 0.15) is 5.75 Å². The minimum Gasteiger partial charge on any atom is -0.489 e. The number of nitrogens with two attached hydrogens (primary N) is 1. The van der Waals surface area contributed by atoms with Crippen LogP contribution in [-0.4, -0.2) is 20.7 Å². The van der Waals surface area contributed by atoms with E-state index in [9.17, 15) is 0 Å². The fourth-order valence-electron chi connectivity index (χ4n) is 1.91. The molecule has 108 valence electrons. The highest BCUT2D eigenvalue weighted by Gasteiger charge is 2.20. The molecule has 0 fully saturated rings. The molecule has 2 heterocycles. The molecule has 0 saturated heterocycles. The Morgan fingerprint density at radius 2 is 1.95 bits per heavy atom. The number of rotatable bonds is 5. The molecule has 1 atom stereocenters. The van der Waals surface area contributed by atoms with Gasteiger partial charge in [-0.3, -0.25) is 4.98 Å². The summed E-state index contributed by atoms with van der Waals surface area (Å²) >= 11 is 1.35. The van der Waals surface area contributed by atoms with Gasteiger partial charge in [-0.05, 0) is 42.9 Å². The van der Waals surface area contributed by atoms with Gasteiger partial charge in [-0.2, -0.15) is 0 Å². The third-order valence-electron chi connectivity index (χ3n) is 2.83. The summed E-state index contributed by atoms with van der Waals surface area (Å²) in [6, 6.07) is 1.66. The molecule has 1 unspecified atom stereocenters. The molecule has 2 aromatic heterocycles. The van der Waals surface area contributed by atoms with Crippen LogP contribution >= 0.6 is 11.5 Å². The molecule has 2 N–H and O–H groups in total. The van der Waals surface area contributed by atoms with Crippen molar-refractivity contribution in [1.82, 2.24) is 14.6 Å². The lowest BCUT2D eigenvalue weighted by molar-refractivity contribution is 0.241. The lowest BCUT2D eigenvalue weighted by atomic mass is 10.0. The van der Waals surface area contributed by atoms with Gasteiger partial charge < -0.3 is 10.5 Å². The van der Waals surface area contributed by atoms with Gasteiger partial charge in [0.2, 0.25) is 0 Å². The molecule has 0 radical (unpaired) electrons. The summed E-state index contributed by atoms with van der Waals surface area (Å²) in [6.45, 7) is 8.14. The topological polar surface area (TPSA) is 73.9 Å². The third kappa shape index (κ3) is 3.32. The van der Waals surface area contributed by atoms with E-state index >= 15 is 0 Å². The van der Waals surface area contributed by atoms with E-state index in [1.807, 2.05) is 19.9 Å². The van der Waals surface area contributed by atoms with Crippen molar-refractivity contribution in [2.45, 2.75) is 45.8 Å². The van der Waals surface area contributed by atoms with Crippen LogP contribution in [0.2, 0.25) is 0 Å². The largest absolute Gasteiger partial charge is 0.489 e. The summed E-state index contributed by atoms with van der Waals surface area (Å²) in [5.74, 6) is 1.04. The molecule has 0 aliphatic rings.